The standard InChI is InChI=1S/C17H4BF10.3ClH.Zr/c19-8-6(9(20)13(24)16(27)12(8)23)18(5-3-1-2-4-5)7-10(21)14(25)17(28)15(26)11(7)22;;;;/h1,3H,2H2;3*1H;. The first-order valence-corrected chi connectivity index (χ1v) is 8.87. The first kappa shape index (κ1) is 31.0. The second kappa shape index (κ2) is 11.4. The Hall–Kier alpha value is -0.962. The van der Waals surface area contributed by atoms with Crippen molar-refractivity contribution in [2.24, 2.45) is 0 Å². The third-order valence-electron chi connectivity index (χ3n) is 4.34. The van der Waals surface area contributed by atoms with Crippen LogP contribution in [0.15, 0.2) is 20.9 Å². The van der Waals surface area contributed by atoms with Gasteiger partial charge in [0.15, 0.2) is 0 Å². The Bertz CT molecular complexity index is 995. The van der Waals surface area contributed by atoms with Crippen molar-refractivity contribution >= 4 is 54.9 Å². The van der Waals surface area contributed by atoms with E-state index in [4.69, 9.17) is 0 Å². The second-order valence-electron chi connectivity index (χ2n) is 5.94. The van der Waals surface area contributed by atoms with Gasteiger partial charge < -0.3 is 0 Å². The molecule has 0 amide bonds. The van der Waals surface area contributed by atoms with Crippen LogP contribution in [0, 0.1) is 58.2 Å². The van der Waals surface area contributed by atoms with Crippen molar-refractivity contribution in [3.05, 3.63) is 79.1 Å². The molecule has 15 heteroatoms. The fraction of sp³-hybridized carbons (Fsp3) is 0.0588. The zero-order valence-electron chi connectivity index (χ0n) is 14.9. The SMILES string of the molecule is Cl.Cl.Cl.Fc1c(F)c(F)c(B(C2=[C]([Zr])CC=C2)c2c(F)c(F)c(F)c(F)c2F)c(F)c1F. The average Bonchev–Trinajstić information content (AvgIpc) is 3.12. The van der Waals surface area contributed by atoms with Gasteiger partial charge in [-0.25, -0.2) is 0 Å². The van der Waals surface area contributed by atoms with Gasteiger partial charge in [0.1, 0.15) is 0 Å². The van der Waals surface area contributed by atoms with Gasteiger partial charge in [0.25, 0.3) is 0 Å². The molecule has 0 bridgehead atoms. The van der Waals surface area contributed by atoms with Gasteiger partial charge in [0.2, 0.25) is 0 Å². The molecular weight excluding hydrogens is 603 g/mol. The average molecular weight is 610 g/mol. The van der Waals surface area contributed by atoms with E-state index in [-0.39, 0.29) is 52.4 Å². The molecule has 0 saturated heterocycles. The van der Waals surface area contributed by atoms with Gasteiger partial charge in [-0.1, -0.05) is 0 Å². The van der Waals surface area contributed by atoms with Crippen LogP contribution in [-0.4, -0.2) is 6.71 Å². The van der Waals surface area contributed by atoms with E-state index in [0.29, 0.717) is 24.7 Å². The summed E-state index contributed by atoms with van der Waals surface area (Å²) in [5.74, 6) is -24.5. The molecule has 0 fully saturated rings. The molecule has 0 aliphatic heterocycles. The van der Waals surface area contributed by atoms with Crippen LogP contribution in [-0.2, 0) is 24.7 Å². The zero-order valence-corrected chi connectivity index (χ0v) is 19.9. The van der Waals surface area contributed by atoms with Crippen LogP contribution < -0.4 is 10.9 Å². The topological polar surface area (TPSA) is 0 Å². The number of benzene rings is 2. The first-order chi connectivity index (χ1) is 13.5. The van der Waals surface area contributed by atoms with Crippen molar-refractivity contribution in [3.63, 3.8) is 0 Å². The van der Waals surface area contributed by atoms with Crippen LogP contribution in [0.4, 0.5) is 43.9 Å². The molecule has 1 aliphatic rings. The molecule has 2 aromatic rings. The summed E-state index contributed by atoms with van der Waals surface area (Å²) in [4.78, 5) is 0. The molecular formula is C17H7BCl3F10Zr. The Balaban J connectivity index is 0.00000320. The van der Waals surface area contributed by atoms with E-state index in [1.54, 1.807) is 0 Å². The van der Waals surface area contributed by atoms with Crippen LogP contribution in [0.5, 0.6) is 0 Å². The van der Waals surface area contributed by atoms with Crippen LogP contribution >= 0.6 is 37.2 Å². The summed E-state index contributed by atoms with van der Waals surface area (Å²) in [6, 6.07) is 0. The van der Waals surface area contributed by atoms with E-state index in [0.717, 1.165) is 6.08 Å². The van der Waals surface area contributed by atoms with Gasteiger partial charge in [-0.05, 0) is 0 Å². The van der Waals surface area contributed by atoms with Crippen molar-refractivity contribution in [2.45, 2.75) is 6.42 Å². The molecule has 0 aromatic heterocycles. The number of allylic oxidation sites excluding steroid dienone is 4. The van der Waals surface area contributed by atoms with Crippen LogP contribution in [0.1, 0.15) is 6.42 Å². The fourth-order valence-corrected chi connectivity index (χ4v) is 3.85. The van der Waals surface area contributed by atoms with E-state index in [1.165, 1.54) is 6.08 Å². The third kappa shape index (κ3) is 4.79. The minimum atomic E-state index is -2.53. The van der Waals surface area contributed by atoms with Gasteiger partial charge in [-0.3, -0.25) is 0 Å². The van der Waals surface area contributed by atoms with Gasteiger partial charge in [-0.2, -0.15) is 0 Å². The number of rotatable bonds is 3. The number of hydrogen-bond acceptors (Lipinski definition) is 0. The van der Waals surface area contributed by atoms with Crippen LogP contribution in [0.3, 0.4) is 0 Å². The summed E-state index contributed by atoms with van der Waals surface area (Å²) in [5, 5.41) is 0. The normalized spacial score (nSPS) is 12.3. The quantitative estimate of drug-likeness (QED) is 0.193. The van der Waals surface area contributed by atoms with Crippen molar-refractivity contribution in [1.29, 1.82) is 0 Å². The molecule has 0 unspecified atom stereocenters. The van der Waals surface area contributed by atoms with Crippen LogP contribution in [0.25, 0.3) is 0 Å². The Morgan fingerprint density at radius 3 is 1.06 bits per heavy atom. The summed E-state index contributed by atoms with van der Waals surface area (Å²) >= 11 is 0.538. The summed E-state index contributed by atoms with van der Waals surface area (Å²) in [6.45, 7) is -2.46. The predicted octanol–water partition coefficient (Wildman–Crippen LogP) is 5.25. The van der Waals surface area contributed by atoms with Gasteiger partial charge in [0, 0.05) is 0 Å². The number of halogens is 13. The van der Waals surface area contributed by atoms with Crippen molar-refractivity contribution < 1.29 is 68.6 Å². The van der Waals surface area contributed by atoms with E-state index < -0.39 is 75.8 Å². The molecule has 173 valence electrons. The zero-order chi connectivity index (χ0) is 21.8. The molecule has 0 radical (unpaired) electrons. The monoisotopic (exact) mass is 607 g/mol. The van der Waals surface area contributed by atoms with Gasteiger partial charge in [-0.15, -0.1) is 37.2 Å². The second-order valence-corrected chi connectivity index (χ2v) is 7.42. The molecule has 0 atom stereocenters. The van der Waals surface area contributed by atoms with Gasteiger partial charge >= 0.3 is 172 Å². The molecule has 3 rings (SSSR count). The van der Waals surface area contributed by atoms with E-state index in [1.807, 2.05) is 0 Å². The third-order valence-corrected chi connectivity index (χ3v) is 5.56. The molecule has 2 aromatic carbocycles. The van der Waals surface area contributed by atoms with Crippen molar-refractivity contribution in [2.75, 3.05) is 0 Å². The van der Waals surface area contributed by atoms with Gasteiger partial charge in [0.05, 0.1) is 0 Å². The van der Waals surface area contributed by atoms with E-state index in [9.17, 15) is 43.9 Å². The summed E-state index contributed by atoms with van der Waals surface area (Å²) in [6.07, 6.45) is 2.53. The summed E-state index contributed by atoms with van der Waals surface area (Å²) in [7, 11) is 0. The maximum atomic E-state index is 14.4. The van der Waals surface area contributed by atoms with Crippen molar-refractivity contribution in [3.8, 4) is 0 Å². The van der Waals surface area contributed by atoms with E-state index >= 15 is 0 Å². The molecule has 0 N–H and O–H groups in total. The summed E-state index contributed by atoms with van der Waals surface area (Å²) in [5.41, 5.74) is -3.76. The van der Waals surface area contributed by atoms with Crippen molar-refractivity contribution in [1.82, 2.24) is 0 Å². The maximum absolute atomic E-state index is 14.4. The molecule has 32 heavy (non-hydrogen) atoms. The molecule has 0 nitrogen and oxygen atoms in total. The Morgan fingerprint density at radius 2 is 0.812 bits per heavy atom. The molecule has 0 saturated carbocycles. The Kier molecular flexibility index (Phi) is 11.1. The molecule has 0 spiro atoms. The molecule has 0 heterocycles. The summed E-state index contributed by atoms with van der Waals surface area (Å²) < 4.78 is 139. The Labute approximate surface area is 208 Å². The Morgan fingerprint density at radius 1 is 0.531 bits per heavy atom. The number of hydrogen-bond donors (Lipinski definition) is 0. The fourth-order valence-electron chi connectivity index (χ4n) is 3.00. The van der Waals surface area contributed by atoms with E-state index in [2.05, 4.69) is 0 Å². The minimum absolute atomic E-state index is 0. The molecule has 1 aliphatic carbocycles. The van der Waals surface area contributed by atoms with Crippen LogP contribution in [0.2, 0.25) is 0 Å². The first-order valence-electron chi connectivity index (χ1n) is 7.64. The predicted molar refractivity (Wildman–Crippen MR) is 100 cm³/mol.